The normalized spacial score (nSPS) is 13.6. The van der Waals surface area contributed by atoms with E-state index in [2.05, 4.69) is 10.9 Å². The molecule has 0 radical (unpaired) electrons. The summed E-state index contributed by atoms with van der Waals surface area (Å²) in [4.78, 5) is 25.1. The predicted molar refractivity (Wildman–Crippen MR) is 125 cm³/mol. The van der Waals surface area contributed by atoms with Crippen LogP contribution in [-0.2, 0) is 16.2 Å². The first-order valence-electron chi connectivity index (χ1n) is 10.2. The molecule has 7 nitrogen and oxygen atoms in total. The van der Waals surface area contributed by atoms with Crippen LogP contribution in [0.2, 0.25) is 0 Å². The van der Waals surface area contributed by atoms with E-state index in [4.69, 9.17) is 0 Å². The maximum Gasteiger partial charge on any atom is 0.416 e. The molecule has 0 atom stereocenters. The maximum atomic E-state index is 13.2. The van der Waals surface area contributed by atoms with Crippen molar-refractivity contribution < 1.29 is 31.2 Å². The number of carbonyl (C=O) groups is 2. The van der Waals surface area contributed by atoms with Crippen molar-refractivity contribution in [2.75, 3.05) is 16.6 Å². The lowest BCUT2D eigenvalue weighted by Gasteiger charge is -2.30. The van der Waals surface area contributed by atoms with E-state index in [1.165, 1.54) is 23.9 Å². The first-order valence-corrected chi connectivity index (χ1v) is 12.6. The van der Waals surface area contributed by atoms with E-state index < -0.39 is 33.6 Å². The van der Waals surface area contributed by atoms with Gasteiger partial charge < -0.3 is 0 Å². The molecule has 3 aromatic carbocycles. The van der Waals surface area contributed by atoms with Gasteiger partial charge in [-0.15, -0.1) is 11.8 Å². The molecule has 3 aromatic rings. The van der Waals surface area contributed by atoms with E-state index in [0.29, 0.717) is 28.3 Å². The maximum absolute atomic E-state index is 13.2. The Labute approximate surface area is 203 Å². The zero-order valence-electron chi connectivity index (χ0n) is 17.9. The van der Waals surface area contributed by atoms with Crippen LogP contribution in [0.5, 0.6) is 0 Å². The van der Waals surface area contributed by atoms with Crippen molar-refractivity contribution in [1.29, 1.82) is 0 Å². The highest BCUT2D eigenvalue weighted by atomic mass is 32.2. The summed E-state index contributed by atoms with van der Waals surface area (Å²) >= 11 is 1.39. The second-order valence-corrected chi connectivity index (χ2v) is 10.4. The lowest BCUT2D eigenvalue weighted by Crippen LogP contribution is -2.42. The van der Waals surface area contributed by atoms with Crippen molar-refractivity contribution >= 4 is 39.3 Å². The van der Waals surface area contributed by atoms with Gasteiger partial charge in [0.2, 0.25) is 0 Å². The number of hydrogen-bond acceptors (Lipinski definition) is 5. The van der Waals surface area contributed by atoms with Gasteiger partial charge in [0.15, 0.2) is 0 Å². The van der Waals surface area contributed by atoms with Crippen molar-refractivity contribution in [2.45, 2.75) is 16.0 Å². The van der Waals surface area contributed by atoms with Gasteiger partial charge in [0, 0.05) is 28.3 Å². The largest absolute Gasteiger partial charge is 0.416 e. The quantitative estimate of drug-likeness (QED) is 0.505. The minimum Gasteiger partial charge on any atom is -0.267 e. The summed E-state index contributed by atoms with van der Waals surface area (Å²) in [6.45, 7) is 0.0663. The van der Waals surface area contributed by atoms with E-state index in [0.717, 1.165) is 16.4 Å². The summed E-state index contributed by atoms with van der Waals surface area (Å²) in [6.07, 6.45) is -4.59. The molecule has 182 valence electrons. The van der Waals surface area contributed by atoms with E-state index in [9.17, 15) is 31.2 Å². The van der Waals surface area contributed by atoms with Gasteiger partial charge >= 0.3 is 6.18 Å². The topological polar surface area (TPSA) is 95.6 Å². The molecule has 1 aliphatic rings. The number of amides is 2. The van der Waals surface area contributed by atoms with E-state index >= 15 is 0 Å². The van der Waals surface area contributed by atoms with E-state index in [1.54, 1.807) is 36.4 Å². The highest BCUT2D eigenvalue weighted by Crippen LogP contribution is 2.39. The Morgan fingerprint density at radius 1 is 0.857 bits per heavy atom. The number of fused-ring (bicyclic) bond motifs is 1. The predicted octanol–water partition coefficient (Wildman–Crippen LogP) is 4.08. The smallest absolute Gasteiger partial charge is 0.267 e. The van der Waals surface area contributed by atoms with Gasteiger partial charge in [-0.2, -0.15) is 13.2 Å². The van der Waals surface area contributed by atoms with Crippen LogP contribution in [0.3, 0.4) is 0 Å². The third-order valence-corrected chi connectivity index (χ3v) is 8.01. The van der Waals surface area contributed by atoms with Crippen LogP contribution in [0.4, 0.5) is 18.9 Å². The van der Waals surface area contributed by atoms with Crippen molar-refractivity contribution in [3.05, 3.63) is 89.5 Å². The molecule has 0 aromatic heterocycles. The number of sulfonamides is 1. The third-order valence-electron chi connectivity index (χ3n) is 5.14. The van der Waals surface area contributed by atoms with Gasteiger partial charge in [0.25, 0.3) is 21.8 Å². The molecule has 2 N–H and O–H groups in total. The lowest BCUT2D eigenvalue weighted by molar-refractivity contribution is -0.137. The van der Waals surface area contributed by atoms with Gasteiger partial charge in [-0.1, -0.05) is 18.2 Å². The summed E-state index contributed by atoms with van der Waals surface area (Å²) in [5.74, 6) is -0.774. The van der Waals surface area contributed by atoms with Crippen molar-refractivity contribution in [2.24, 2.45) is 0 Å². The molecule has 0 spiro atoms. The molecule has 4 rings (SSSR count). The summed E-state index contributed by atoms with van der Waals surface area (Å²) in [7, 11) is -4.19. The number of rotatable bonds is 4. The molecule has 0 saturated heterocycles. The average molecular weight is 522 g/mol. The number of nitrogens with zero attached hydrogens (tertiary/aromatic N) is 1. The van der Waals surface area contributed by atoms with Gasteiger partial charge in [0.1, 0.15) is 0 Å². The van der Waals surface area contributed by atoms with E-state index in [-0.39, 0.29) is 22.7 Å². The van der Waals surface area contributed by atoms with Crippen molar-refractivity contribution in [3.8, 4) is 0 Å². The number of halogens is 3. The van der Waals surface area contributed by atoms with Crippen LogP contribution in [0.25, 0.3) is 0 Å². The van der Waals surface area contributed by atoms with Crippen LogP contribution in [0, 0.1) is 0 Å². The molecular weight excluding hydrogens is 503 g/mol. The fraction of sp³-hybridized carbons (Fsp3) is 0.130. The molecule has 1 aliphatic heterocycles. The van der Waals surface area contributed by atoms with Crippen LogP contribution in [0.15, 0.2) is 82.6 Å². The van der Waals surface area contributed by atoms with Gasteiger partial charge in [-0.05, 0) is 54.6 Å². The number of anilines is 1. The standard InChI is InChI=1S/C23H18F3N3O4S2/c24-23(25,26)17-7-9-18(10-8-17)35(32,33)29-12-13-34-20-11-6-16(14-19(20)29)22(31)28-27-21(30)15-4-2-1-3-5-15/h1-11,14H,12-13H2,(H,27,30)(H,28,31). The number of alkyl halides is 3. The molecular formula is C23H18F3N3O4S2. The monoisotopic (exact) mass is 521 g/mol. The van der Waals surface area contributed by atoms with Crippen LogP contribution in [0.1, 0.15) is 26.3 Å². The summed E-state index contributed by atoms with van der Waals surface area (Å²) in [5, 5.41) is 0. The van der Waals surface area contributed by atoms with Crippen molar-refractivity contribution in [3.63, 3.8) is 0 Å². The number of carbonyl (C=O) groups excluding carboxylic acids is 2. The zero-order valence-corrected chi connectivity index (χ0v) is 19.5. The second kappa shape index (κ2) is 9.62. The van der Waals surface area contributed by atoms with Gasteiger partial charge in [0.05, 0.1) is 16.1 Å². The molecule has 12 heteroatoms. The van der Waals surface area contributed by atoms with Gasteiger partial charge in [-0.3, -0.25) is 24.7 Å². The number of hydrogen-bond donors (Lipinski definition) is 2. The molecule has 0 unspecified atom stereocenters. The lowest BCUT2D eigenvalue weighted by atomic mass is 10.2. The Hall–Kier alpha value is -3.51. The molecule has 0 bridgehead atoms. The Morgan fingerprint density at radius 3 is 2.11 bits per heavy atom. The zero-order chi connectivity index (χ0) is 25.2. The highest BCUT2D eigenvalue weighted by Gasteiger charge is 2.33. The molecule has 2 amide bonds. The first-order chi connectivity index (χ1) is 16.6. The minimum absolute atomic E-state index is 0.0663. The summed E-state index contributed by atoms with van der Waals surface area (Å²) in [6, 6.07) is 15.9. The Balaban J connectivity index is 1.56. The van der Waals surface area contributed by atoms with Crippen LogP contribution in [-0.4, -0.2) is 32.5 Å². The number of thioether (sulfide) groups is 1. The fourth-order valence-electron chi connectivity index (χ4n) is 3.37. The Morgan fingerprint density at radius 2 is 1.49 bits per heavy atom. The molecule has 0 fully saturated rings. The Bertz CT molecular complexity index is 1360. The third kappa shape index (κ3) is 5.28. The average Bonchev–Trinajstić information content (AvgIpc) is 2.86. The number of benzene rings is 3. The molecule has 0 aliphatic carbocycles. The van der Waals surface area contributed by atoms with Crippen LogP contribution >= 0.6 is 11.8 Å². The molecule has 0 saturated carbocycles. The van der Waals surface area contributed by atoms with Crippen molar-refractivity contribution in [1.82, 2.24) is 10.9 Å². The summed E-state index contributed by atoms with van der Waals surface area (Å²) in [5.41, 5.74) is 4.28. The fourth-order valence-corrected chi connectivity index (χ4v) is 6.00. The summed E-state index contributed by atoms with van der Waals surface area (Å²) < 4.78 is 66.2. The highest BCUT2D eigenvalue weighted by molar-refractivity contribution is 8.00. The SMILES string of the molecule is O=C(NNC(=O)c1ccc2c(c1)N(S(=O)(=O)c1ccc(C(F)(F)F)cc1)CCS2)c1ccccc1. The Kier molecular flexibility index (Phi) is 6.77. The first kappa shape index (κ1) is 24.6. The van der Waals surface area contributed by atoms with Crippen LogP contribution < -0.4 is 15.2 Å². The second-order valence-electron chi connectivity index (χ2n) is 7.40. The number of hydrazine groups is 1. The molecule has 1 heterocycles. The minimum atomic E-state index is -4.59. The molecule has 35 heavy (non-hydrogen) atoms. The number of nitrogens with one attached hydrogen (secondary N) is 2. The van der Waals surface area contributed by atoms with E-state index in [1.807, 2.05) is 0 Å². The van der Waals surface area contributed by atoms with Gasteiger partial charge in [-0.25, -0.2) is 8.42 Å².